The third-order valence-electron chi connectivity index (χ3n) is 8.22. The number of fused-ring (bicyclic) bond motifs is 2. The maximum Gasteiger partial charge on any atom is 0.140 e. The summed E-state index contributed by atoms with van der Waals surface area (Å²) in [5.74, 6) is 1.89. The lowest BCUT2D eigenvalue weighted by atomic mass is 9.70. The molecule has 0 radical (unpaired) electrons. The molecular formula is C29H30OS. The predicted octanol–water partition coefficient (Wildman–Crippen LogP) is 7.11. The summed E-state index contributed by atoms with van der Waals surface area (Å²) < 4.78 is -0.352. The van der Waals surface area contributed by atoms with Gasteiger partial charge in [-0.05, 0) is 40.9 Å². The summed E-state index contributed by atoms with van der Waals surface area (Å²) in [6.07, 6.45) is 2.99. The molecule has 2 unspecified atom stereocenters. The molecule has 0 aromatic heterocycles. The fourth-order valence-corrected chi connectivity index (χ4v) is 8.16. The minimum Gasteiger partial charge on any atom is -0.299 e. The van der Waals surface area contributed by atoms with E-state index in [1.54, 1.807) is 0 Å². The minimum atomic E-state index is -0.352. The van der Waals surface area contributed by atoms with Crippen LogP contribution in [0.4, 0.5) is 0 Å². The Bertz CT molecular complexity index is 961. The Balaban J connectivity index is 1.67. The molecule has 0 amide bonds. The first-order chi connectivity index (χ1) is 15.0. The SMILES string of the molecule is CC1(C)C2CCC1(CSC(c1ccccc1)(c1ccccc1)c1ccccc1)C(=O)C2. The smallest absolute Gasteiger partial charge is 0.140 e. The number of carbonyl (C=O) groups excluding carboxylic acids is 1. The minimum absolute atomic E-state index is 0.0763. The summed E-state index contributed by atoms with van der Waals surface area (Å²) in [5, 5.41) is 0. The molecule has 3 aromatic carbocycles. The van der Waals surface area contributed by atoms with Crippen molar-refractivity contribution in [3.63, 3.8) is 0 Å². The first-order valence-corrected chi connectivity index (χ1v) is 12.3. The van der Waals surface area contributed by atoms with Crippen LogP contribution in [0.1, 0.15) is 49.8 Å². The third-order valence-corrected chi connectivity index (χ3v) is 9.99. The molecule has 2 bridgehead atoms. The van der Waals surface area contributed by atoms with Gasteiger partial charge in [0.15, 0.2) is 0 Å². The van der Waals surface area contributed by atoms with E-state index in [9.17, 15) is 4.79 Å². The van der Waals surface area contributed by atoms with Gasteiger partial charge in [-0.1, -0.05) is 105 Å². The maximum atomic E-state index is 13.3. The van der Waals surface area contributed by atoms with Crippen molar-refractivity contribution in [2.75, 3.05) is 5.75 Å². The van der Waals surface area contributed by atoms with Crippen LogP contribution in [0.5, 0.6) is 0 Å². The Hall–Kier alpha value is -2.32. The van der Waals surface area contributed by atoms with Crippen molar-refractivity contribution >= 4 is 17.5 Å². The van der Waals surface area contributed by atoms with Crippen molar-refractivity contribution in [2.24, 2.45) is 16.7 Å². The van der Waals surface area contributed by atoms with Crippen LogP contribution in [-0.4, -0.2) is 11.5 Å². The summed E-state index contributed by atoms with van der Waals surface area (Å²) in [6.45, 7) is 4.68. The summed E-state index contributed by atoms with van der Waals surface area (Å²) >= 11 is 1.96. The van der Waals surface area contributed by atoms with Gasteiger partial charge in [0.2, 0.25) is 0 Å². The van der Waals surface area contributed by atoms with Crippen LogP contribution in [0.15, 0.2) is 91.0 Å². The lowest BCUT2D eigenvalue weighted by Crippen LogP contribution is -2.40. The van der Waals surface area contributed by atoms with Gasteiger partial charge in [-0.2, -0.15) is 0 Å². The second-order valence-corrected chi connectivity index (χ2v) is 10.9. The second kappa shape index (κ2) is 7.67. The zero-order valence-electron chi connectivity index (χ0n) is 18.4. The molecule has 0 N–H and O–H groups in total. The van der Waals surface area contributed by atoms with Gasteiger partial charge in [0.1, 0.15) is 5.78 Å². The lowest BCUT2D eigenvalue weighted by molar-refractivity contribution is -0.127. The number of carbonyl (C=O) groups is 1. The summed E-state index contributed by atoms with van der Waals surface area (Å²) in [4.78, 5) is 13.3. The van der Waals surface area contributed by atoms with Gasteiger partial charge in [0, 0.05) is 17.6 Å². The number of hydrogen-bond donors (Lipinski definition) is 0. The number of Topliss-reactive ketones (excluding diaryl/α,β-unsaturated/α-hetero) is 1. The van der Waals surface area contributed by atoms with Gasteiger partial charge in [0.25, 0.3) is 0 Å². The van der Waals surface area contributed by atoms with E-state index in [0.29, 0.717) is 11.7 Å². The van der Waals surface area contributed by atoms with Gasteiger partial charge in [-0.15, -0.1) is 11.8 Å². The number of benzene rings is 3. The molecule has 2 aliphatic rings. The topological polar surface area (TPSA) is 17.1 Å². The molecule has 1 nitrogen and oxygen atoms in total. The van der Waals surface area contributed by atoms with E-state index in [1.807, 2.05) is 11.8 Å². The van der Waals surface area contributed by atoms with E-state index in [1.165, 1.54) is 23.1 Å². The molecule has 3 aromatic rings. The molecule has 0 saturated heterocycles. The van der Waals surface area contributed by atoms with Gasteiger partial charge in [-0.25, -0.2) is 0 Å². The number of hydrogen-bond acceptors (Lipinski definition) is 2. The molecule has 2 aliphatic carbocycles. The van der Waals surface area contributed by atoms with Crippen molar-refractivity contribution in [1.82, 2.24) is 0 Å². The van der Waals surface area contributed by atoms with Gasteiger partial charge in [0.05, 0.1) is 4.75 Å². The van der Waals surface area contributed by atoms with Crippen LogP contribution < -0.4 is 0 Å². The predicted molar refractivity (Wildman–Crippen MR) is 130 cm³/mol. The molecule has 2 heteroatoms. The number of thioether (sulfide) groups is 1. The fourth-order valence-electron chi connectivity index (χ4n) is 6.11. The van der Waals surface area contributed by atoms with E-state index in [0.717, 1.165) is 18.6 Å². The lowest BCUT2D eigenvalue weighted by Gasteiger charge is -2.42. The van der Waals surface area contributed by atoms with Crippen molar-refractivity contribution in [1.29, 1.82) is 0 Å². The highest BCUT2D eigenvalue weighted by molar-refractivity contribution is 8.00. The van der Waals surface area contributed by atoms with Crippen LogP contribution in [0, 0.1) is 16.7 Å². The first-order valence-electron chi connectivity index (χ1n) is 11.3. The van der Waals surface area contributed by atoms with E-state index >= 15 is 0 Å². The Morgan fingerprint density at radius 3 is 1.61 bits per heavy atom. The fraction of sp³-hybridized carbons (Fsp3) is 0.345. The van der Waals surface area contributed by atoms with Crippen LogP contribution in [0.2, 0.25) is 0 Å². The number of ketones is 1. The highest BCUT2D eigenvalue weighted by Gasteiger charge is 2.64. The van der Waals surface area contributed by atoms with Gasteiger partial charge < -0.3 is 0 Å². The molecule has 0 aliphatic heterocycles. The quantitative estimate of drug-likeness (QED) is 0.391. The van der Waals surface area contributed by atoms with Crippen molar-refractivity contribution in [3.05, 3.63) is 108 Å². The largest absolute Gasteiger partial charge is 0.299 e. The van der Waals surface area contributed by atoms with Crippen LogP contribution >= 0.6 is 11.8 Å². The van der Waals surface area contributed by atoms with Crippen molar-refractivity contribution in [2.45, 2.75) is 37.9 Å². The average Bonchev–Trinajstić information content (AvgIpc) is 3.17. The van der Waals surface area contributed by atoms with E-state index in [2.05, 4.69) is 105 Å². The Morgan fingerprint density at radius 2 is 1.26 bits per heavy atom. The molecule has 2 fully saturated rings. The molecule has 5 rings (SSSR count). The molecule has 158 valence electrons. The maximum absolute atomic E-state index is 13.3. The van der Waals surface area contributed by atoms with E-state index < -0.39 is 0 Å². The Kier molecular flexibility index (Phi) is 5.09. The van der Waals surface area contributed by atoms with Gasteiger partial charge >= 0.3 is 0 Å². The second-order valence-electron chi connectivity index (χ2n) is 9.73. The summed E-state index contributed by atoms with van der Waals surface area (Å²) in [7, 11) is 0. The highest BCUT2D eigenvalue weighted by Crippen LogP contribution is 2.66. The monoisotopic (exact) mass is 426 g/mol. The molecule has 0 spiro atoms. The third kappa shape index (κ3) is 3.03. The van der Waals surface area contributed by atoms with Crippen LogP contribution in [0.3, 0.4) is 0 Å². The zero-order valence-corrected chi connectivity index (χ0v) is 19.2. The van der Waals surface area contributed by atoms with Crippen molar-refractivity contribution < 1.29 is 4.79 Å². The van der Waals surface area contributed by atoms with Crippen molar-refractivity contribution in [3.8, 4) is 0 Å². The average molecular weight is 427 g/mol. The molecule has 2 atom stereocenters. The van der Waals surface area contributed by atoms with E-state index in [-0.39, 0.29) is 15.6 Å². The van der Waals surface area contributed by atoms with E-state index in [4.69, 9.17) is 0 Å². The Morgan fingerprint density at radius 1 is 0.806 bits per heavy atom. The molecular weight excluding hydrogens is 396 g/mol. The van der Waals surface area contributed by atoms with Gasteiger partial charge in [-0.3, -0.25) is 4.79 Å². The highest BCUT2D eigenvalue weighted by atomic mass is 32.2. The van der Waals surface area contributed by atoms with Crippen LogP contribution in [0.25, 0.3) is 0 Å². The molecule has 2 saturated carbocycles. The number of rotatable bonds is 6. The molecule has 0 heterocycles. The van der Waals surface area contributed by atoms with Crippen LogP contribution in [-0.2, 0) is 9.54 Å². The summed E-state index contributed by atoms with van der Waals surface area (Å²) in [6, 6.07) is 32.5. The normalized spacial score (nSPS) is 24.5. The zero-order chi connectivity index (χ0) is 21.5. The first kappa shape index (κ1) is 20.6. The molecule has 31 heavy (non-hydrogen) atoms. The Labute approximate surface area is 190 Å². The summed E-state index contributed by atoms with van der Waals surface area (Å²) in [5.41, 5.74) is 3.67. The standard InChI is InChI=1S/C29H30OS/c1-27(2)25-18-19-28(27,26(30)20-25)21-31-29(22-12-6-3-7-13-22,23-14-8-4-9-15-23)24-16-10-5-11-17-24/h3-17,25H,18-21H2,1-2H3.